The maximum absolute atomic E-state index is 13.0. The number of aromatic carboxylic acids is 2. The van der Waals surface area contributed by atoms with Crippen molar-refractivity contribution < 1.29 is 34.1 Å². The minimum Gasteiger partial charge on any atom is -0.478 e. The first-order chi connectivity index (χ1) is 18.0. The predicted molar refractivity (Wildman–Crippen MR) is 147 cm³/mol. The minimum atomic E-state index is -1.48. The Morgan fingerprint density at radius 3 is 1.49 bits per heavy atom. The Morgan fingerprint density at radius 2 is 1.08 bits per heavy atom. The molecule has 0 unspecified atom stereocenters. The molecular formula is C30H32N2O7. The summed E-state index contributed by atoms with van der Waals surface area (Å²) in [6.07, 6.45) is 0. The van der Waals surface area contributed by atoms with Crippen LogP contribution in [0.25, 0.3) is 0 Å². The number of amides is 2. The standard InChI is InChI=1S/C30H32N2O7/c1-29(2,3)17-7-11-19(12-8-17)39-20-13-9-18(10-14-20)31-25(33)21-15-24(28(37)38)22(16-23(21)27(35)36)26(34)32-30(4,5)6/h7-16H,1-6H3,(H,31,33)(H,32,34)(H,35,36)(H,37,38). The van der Waals surface area contributed by atoms with Crippen LogP contribution in [0.2, 0.25) is 0 Å². The van der Waals surface area contributed by atoms with Crippen molar-refractivity contribution in [2.75, 3.05) is 5.32 Å². The number of carbonyl (C=O) groups is 4. The molecule has 9 heteroatoms. The van der Waals surface area contributed by atoms with E-state index < -0.39 is 46.0 Å². The van der Waals surface area contributed by atoms with Gasteiger partial charge in [-0.1, -0.05) is 32.9 Å². The molecule has 0 saturated heterocycles. The number of anilines is 1. The predicted octanol–water partition coefficient (Wildman–Crippen LogP) is 5.95. The molecule has 0 heterocycles. The van der Waals surface area contributed by atoms with Crippen molar-refractivity contribution in [1.29, 1.82) is 0 Å². The molecule has 0 fully saturated rings. The van der Waals surface area contributed by atoms with E-state index in [1.807, 2.05) is 24.3 Å². The molecule has 0 bridgehead atoms. The Labute approximate surface area is 226 Å². The first-order valence-corrected chi connectivity index (χ1v) is 12.2. The summed E-state index contributed by atoms with van der Waals surface area (Å²) >= 11 is 0. The second-order valence-electron chi connectivity index (χ2n) is 11.1. The van der Waals surface area contributed by atoms with E-state index in [9.17, 15) is 29.4 Å². The number of nitrogens with one attached hydrogen (secondary N) is 2. The normalized spacial score (nSPS) is 11.4. The molecule has 9 nitrogen and oxygen atoms in total. The molecule has 3 aromatic carbocycles. The molecule has 2 amide bonds. The van der Waals surface area contributed by atoms with Crippen molar-refractivity contribution in [3.05, 3.63) is 88.5 Å². The SMILES string of the molecule is CC(C)(C)NC(=O)c1cc(C(=O)O)c(C(=O)Nc2ccc(Oc3ccc(C(C)(C)C)cc3)cc2)cc1C(=O)O. The molecule has 39 heavy (non-hydrogen) atoms. The van der Waals surface area contributed by atoms with Crippen molar-refractivity contribution in [3.63, 3.8) is 0 Å². The van der Waals surface area contributed by atoms with E-state index in [1.54, 1.807) is 45.0 Å². The molecular weight excluding hydrogens is 500 g/mol. The first-order valence-electron chi connectivity index (χ1n) is 12.2. The van der Waals surface area contributed by atoms with Crippen molar-refractivity contribution in [3.8, 4) is 11.5 Å². The molecule has 0 aliphatic rings. The van der Waals surface area contributed by atoms with E-state index in [4.69, 9.17) is 4.74 Å². The summed E-state index contributed by atoms with van der Waals surface area (Å²) < 4.78 is 5.86. The van der Waals surface area contributed by atoms with E-state index in [2.05, 4.69) is 31.4 Å². The van der Waals surface area contributed by atoms with Gasteiger partial charge in [0, 0.05) is 11.2 Å². The van der Waals surface area contributed by atoms with E-state index in [1.165, 1.54) is 5.56 Å². The lowest BCUT2D eigenvalue weighted by molar-refractivity contribution is 0.0675. The number of carbonyl (C=O) groups excluding carboxylic acids is 2. The molecule has 0 aliphatic heterocycles. The van der Waals surface area contributed by atoms with Crippen LogP contribution in [0.4, 0.5) is 5.69 Å². The Kier molecular flexibility index (Phi) is 8.14. The molecule has 4 N–H and O–H groups in total. The third-order valence-corrected chi connectivity index (χ3v) is 5.66. The summed E-state index contributed by atoms with van der Waals surface area (Å²) in [5.41, 5.74) is -0.930. The Balaban J connectivity index is 1.83. The van der Waals surface area contributed by atoms with Gasteiger partial charge in [-0.3, -0.25) is 9.59 Å². The second kappa shape index (κ2) is 11.0. The number of hydrogen-bond acceptors (Lipinski definition) is 5. The van der Waals surface area contributed by atoms with Crippen LogP contribution < -0.4 is 15.4 Å². The molecule has 0 atom stereocenters. The molecule has 0 spiro atoms. The molecule has 0 saturated carbocycles. The maximum Gasteiger partial charge on any atom is 0.336 e. The smallest absolute Gasteiger partial charge is 0.336 e. The molecule has 0 aromatic heterocycles. The van der Waals surface area contributed by atoms with E-state index in [-0.39, 0.29) is 11.0 Å². The van der Waals surface area contributed by atoms with Crippen LogP contribution in [-0.4, -0.2) is 39.5 Å². The number of rotatable bonds is 7. The summed E-state index contributed by atoms with van der Waals surface area (Å²) in [6.45, 7) is 11.5. The van der Waals surface area contributed by atoms with Crippen LogP contribution in [0.1, 0.15) is 88.5 Å². The number of carboxylic acid groups (broad SMARTS) is 2. The van der Waals surface area contributed by atoms with Crippen molar-refractivity contribution in [1.82, 2.24) is 5.32 Å². The van der Waals surface area contributed by atoms with Gasteiger partial charge in [0.05, 0.1) is 22.3 Å². The maximum atomic E-state index is 13.0. The fourth-order valence-corrected chi connectivity index (χ4v) is 3.70. The highest BCUT2D eigenvalue weighted by atomic mass is 16.5. The number of ether oxygens (including phenoxy) is 1. The molecule has 0 radical (unpaired) electrons. The van der Waals surface area contributed by atoms with Crippen LogP contribution in [0, 0.1) is 0 Å². The average molecular weight is 533 g/mol. The quantitative estimate of drug-likeness (QED) is 0.294. The summed E-state index contributed by atoms with van der Waals surface area (Å²) in [7, 11) is 0. The lowest BCUT2D eigenvalue weighted by atomic mass is 9.87. The highest BCUT2D eigenvalue weighted by Gasteiger charge is 2.27. The monoisotopic (exact) mass is 532 g/mol. The zero-order chi connectivity index (χ0) is 29.1. The van der Waals surface area contributed by atoms with Crippen LogP contribution in [0.5, 0.6) is 11.5 Å². The Morgan fingerprint density at radius 1 is 0.641 bits per heavy atom. The van der Waals surface area contributed by atoms with E-state index >= 15 is 0 Å². The second-order valence-corrected chi connectivity index (χ2v) is 11.1. The van der Waals surface area contributed by atoms with Gasteiger partial charge < -0.3 is 25.6 Å². The molecule has 0 aliphatic carbocycles. The minimum absolute atomic E-state index is 0.0171. The van der Waals surface area contributed by atoms with Gasteiger partial charge in [-0.2, -0.15) is 0 Å². The van der Waals surface area contributed by atoms with Crippen LogP contribution in [0.15, 0.2) is 60.7 Å². The fraction of sp³-hybridized carbons (Fsp3) is 0.267. The average Bonchev–Trinajstić information content (AvgIpc) is 2.83. The van der Waals surface area contributed by atoms with Crippen molar-refractivity contribution in [2.45, 2.75) is 52.5 Å². The molecule has 204 valence electrons. The third-order valence-electron chi connectivity index (χ3n) is 5.66. The first kappa shape index (κ1) is 28.9. The zero-order valence-electron chi connectivity index (χ0n) is 22.7. The Hall–Kier alpha value is -4.66. The van der Waals surface area contributed by atoms with Gasteiger partial charge in [-0.15, -0.1) is 0 Å². The van der Waals surface area contributed by atoms with Gasteiger partial charge in [0.1, 0.15) is 11.5 Å². The summed E-state index contributed by atoms with van der Waals surface area (Å²) in [4.78, 5) is 49.5. The third kappa shape index (κ3) is 7.44. The number of benzene rings is 3. The van der Waals surface area contributed by atoms with Gasteiger partial charge in [0.25, 0.3) is 11.8 Å². The zero-order valence-corrected chi connectivity index (χ0v) is 22.7. The van der Waals surface area contributed by atoms with Crippen LogP contribution in [0.3, 0.4) is 0 Å². The van der Waals surface area contributed by atoms with Crippen LogP contribution >= 0.6 is 0 Å². The van der Waals surface area contributed by atoms with Gasteiger partial charge in [0.15, 0.2) is 0 Å². The fourth-order valence-electron chi connectivity index (χ4n) is 3.70. The molecule has 3 rings (SSSR count). The van der Waals surface area contributed by atoms with Crippen LogP contribution in [-0.2, 0) is 5.41 Å². The highest BCUT2D eigenvalue weighted by molar-refractivity contribution is 6.14. The largest absolute Gasteiger partial charge is 0.478 e. The summed E-state index contributed by atoms with van der Waals surface area (Å²) in [5, 5.41) is 24.6. The van der Waals surface area contributed by atoms with E-state index in [0.29, 0.717) is 17.2 Å². The van der Waals surface area contributed by atoms with Gasteiger partial charge in [-0.25, -0.2) is 9.59 Å². The lowest BCUT2D eigenvalue weighted by Gasteiger charge is -2.21. The number of hydrogen-bond donors (Lipinski definition) is 4. The number of carboxylic acids is 2. The molecule has 3 aromatic rings. The summed E-state index contributed by atoms with van der Waals surface area (Å²) in [5.74, 6) is -3.41. The summed E-state index contributed by atoms with van der Waals surface area (Å²) in [6, 6.07) is 15.9. The van der Waals surface area contributed by atoms with Crippen molar-refractivity contribution >= 4 is 29.4 Å². The Bertz CT molecular complexity index is 1410. The van der Waals surface area contributed by atoms with Gasteiger partial charge in [-0.05, 0) is 80.3 Å². The van der Waals surface area contributed by atoms with E-state index in [0.717, 1.165) is 12.1 Å². The highest BCUT2D eigenvalue weighted by Crippen LogP contribution is 2.28. The van der Waals surface area contributed by atoms with Crippen molar-refractivity contribution in [2.24, 2.45) is 0 Å². The lowest BCUT2D eigenvalue weighted by Crippen LogP contribution is -2.41. The topological polar surface area (TPSA) is 142 Å². The van der Waals surface area contributed by atoms with Gasteiger partial charge >= 0.3 is 11.9 Å². The van der Waals surface area contributed by atoms with Gasteiger partial charge in [0.2, 0.25) is 0 Å².